The summed E-state index contributed by atoms with van der Waals surface area (Å²) in [7, 11) is 0. The van der Waals surface area contributed by atoms with Crippen LogP contribution in [0.4, 0.5) is 0 Å². The van der Waals surface area contributed by atoms with Crippen molar-refractivity contribution >= 4 is 0 Å². The second kappa shape index (κ2) is 3.06. The summed E-state index contributed by atoms with van der Waals surface area (Å²) in [6, 6.07) is 0. The molecule has 1 N–H and O–H groups in total. The maximum Gasteiger partial charge on any atom is 0.271 e. The number of nitrogens with zero attached hydrogens (tertiary/aromatic N) is 2. The monoisotopic (exact) mass is 207 g/mol. The minimum Gasteiger partial charge on any atom is -0.469 e. The second-order valence-electron chi connectivity index (χ2n) is 4.20. The molecule has 1 fully saturated rings. The predicted octanol–water partition coefficient (Wildman–Crippen LogP) is -0.242. The van der Waals surface area contributed by atoms with E-state index in [-0.39, 0.29) is 11.2 Å². The van der Waals surface area contributed by atoms with Gasteiger partial charge in [-0.3, -0.25) is 14.3 Å². The van der Waals surface area contributed by atoms with Gasteiger partial charge in [0.05, 0.1) is 18.9 Å². The molecule has 0 radical (unpaired) electrons. The lowest BCUT2D eigenvalue weighted by Gasteiger charge is -2.31. The summed E-state index contributed by atoms with van der Waals surface area (Å²) in [6.45, 7) is 2.58. The average Bonchev–Trinajstić information content (AvgIpc) is 2.59. The molecule has 2 aliphatic rings. The molecule has 3 heterocycles. The molecule has 0 unspecified atom stereocenters. The van der Waals surface area contributed by atoms with Gasteiger partial charge in [-0.1, -0.05) is 0 Å². The first-order valence-electron chi connectivity index (χ1n) is 5.24. The summed E-state index contributed by atoms with van der Waals surface area (Å²) in [5.41, 5.74) is -0.233. The van der Waals surface area contributed by atoms with Crippen molar-refractivity contribution < 1.29 is 4.74 Å². The molecular formula is C10H13N3O2. The molecular weight excluding hydrogens is 194 g/mol. The molecule has 0 atom stereocenters. The van der Waals surface area contributed by atoms with Crippen LogP contribution < -0.4 is 15.6 Å². The molecule has 5 nitrogen and oxygen atoms in total. The normalized spacial score (nSPS) is 22.4. The molecule has 5 heteroatoms. The van der Waals surface area contributed by atoms with Gasteiger partial charge in [0, 0.05) is 12.8 Å². The van der Waals surface area contributed by atoms with Crippen LogP contribution in [0, 0.1) is 0 Å². The van der Waals surface area contributed by atoms with Crippen LogP contribution in [-0.2, 0) is 6.54 Å². The first-order chi connectivity index (χ1) is 7.29. The molecule has 1 saturated heterocycles. The number of ether oxygens (including phenoxy) is 1. The van der Waals surface area contributed by atoms with Crippen molar-refractivity contribution in [1.29, 1.82) is 0 Å². The Morgan fingerprint density at radius 3 is 2.93 bits per heavy atom. The first kappa shape index (κ1) is 8.91. The lowest BCUT2D eigenvalue weighted by atomic mass is 9.93. The number of piperidine rings is 1. The maximum atomic E-state index is 11.5. The number of aromatic nitrogens is 2. The van der Waals surface area contributed by atoms with Gasteiger partial charge in [-0.2, -0.15) is 0 Å². The van der Waals surface area contributed by atoms with Crippen molar-refractivity contribution in [2.75, 3.05) is 13.1 Å². The Balaban J connectivity index is 1.97. The van der Waals surface area contributed by atoms with Crippen LogP contribution in [0.1, 0.15) is 12.8 Å². The topological polar surface area (TPSA) is 56.2 Å². The van der Waals surface area contributed by atoms with E-state index >= 15 is 0 Å². The van der Waals surface area contributed by atoms with Gasteiger partial charge in [0.1, 0.15) is 5.60 Å². The highest BCUT2D eigenvalue weighted by Crippen LogP contribution is 2.33. The summed E-state index contributed by atoms with van der Waals surface area (Å²) < 4.78 is 7.56. The third kappa shape index (κ3) is 1.34. The zero-order valence-corrected chi connectivity index (χ0v) is 8.40. The molecule has 0 bridgehead atoms. The van der Waals surface area contributed by atoms with E-state index in [0.717, 1.165) is 25.9 Å². The Bertz CT molecular complexity index is 435. The van der Waals surface area contributed by atoms with E-state index in [1.807, 2.05) is 0 Å². The molecule has 80 valence electrons. The van der Waals surface area contributed by atoms with Crippen LogP contribution in [0.25, 0.3) is 0 Å². The molecule has 1 aromatic rings. The Kier molecular flexibility index (Phi) is 1.82. The van der Waals surface area contributed by atoms with E-state index in [4.69, 9.17) is 4.74 Å². The highest BCUT2D eigenvalue weighted by molar-refractivity contribution is 5.14. The third-order valence-electron chi connectivity index (χ3n) is 3.18. The number of fused-ring (bicyclic) bond motifs is 1. The largest absolute Gasteiger partial charge is 0.469 e. The lowest BCUT2D eigenvalue weighted by Crippen LogP contribution is -2.46. The standard InChI is InChI=1S/C10H13N3O2/c14-8-5-12-6-9-13(8)7-10(15-9)1-3-11-4-2-10/h5-6,11H,1-4,7H2. The Labute approximate surface area is 87.1 Å². The molecule has 0 saturated carbocycles. The van der Waals surface area contributed by atoms with Gasteiger partial charge in [0.25, 0.3) is 5.56 Å². The SMILES string of the molecule is O=c1cncc2n1CC1(CCNCC1)O2. The van der Waals surface area contributed by atoms with Crippen LogP contribution in [0.3, 0.4) is 0 Å². The number of rotatable bonds is 0. The van der Waals surface area contributed by atoms with Gasteiger partial charge in [0.15, 0.2) is 0 Å². The molecule has 0 aliphatic carbocycles. The maximum absolute atomic E-state index is 11.5. The fraction of sp³-hybridized carbons (Fsp3) is 0.600. The number of nitrogens with one attached hydrogen (secondary N) is 1. The Hall–Kier alpha value is -1.36. The first-order valence-corrected chi connectivity index (χ1v) is 5.24. The minimum absolute atomic E-state index is 0.0668. The molecule has 1 aromatic heterocycles. The van der Waals surface area contributed by atoms with E-state index in [1.54, 1.807) is 10.8 Å². The van der Waals surface area contributed by atoms with E-state index in [1.165, 1.54) is 6.20 Å². The molecule has 0 aromatic carbocycles. The zero-order valence-electron chi connectivity index (χ0n) is 8.40. The van der Waals surface area contributed by atoms with Crippen molar-refractivity contribution in [2.24, 2.45) is 0 Å². The minimum atomic E-state index is -0.166. The van der Waals surface area contributed by atoms with Crippen molar-refractivity contribution in [2.45, 2.75) is 25.0 Å². The van der Waals surface area contributed by atoms with Crippen LogP contribution in [0.2, 0.25) is 0 Å². The highest BCUT2D eigenvalue weighted by Gasteiger charge is 2.40. The quantitative estimate of drug-likeness (QED) is 0.638. The van der Waals surface area contributed by atoms with Gasteiger partial charge in [-0.05, 0) is 13.1 Å². The van der Waals surface area contributed by atoms with Crippen LogP contribution >= 0.6 is 0 Å². The second-order valence-corrected chi connectivity index (χ2v) is 4.20. The molecule has 2 aliphatic heterocycles. The van der Waals surface area contributed by atoms with E-state index in [9.17, 15) is 4.79 Å². The number of hydrogen-bond acceptors (Lipinski definition) is 4. The summed E-state index contributed by atoms with van der Waals surface area (Å²) in [5.74, 6) is 0.615. The summed E-state index contributed by atoms with van der Waals surface area (Å²) in [4.78, 5) is 15.4. The fourth-order valence-electron chi connectivity index (χ4n) is 2.33. The summed E-state index contributed by atoms with van der Waals surface area (Å²) in [5, 5.41) is 3.29. The highest BCUT2D eigenvalue weighted by atomic mass is 16.5. The van der Waals surface area contributed by atoms with Gasteiger partial charge < -0.3 is 10.1 Å². The van der Waals surface area contributed by atoms with Crippen molar-refractivity contribution in [3.05, 3.63) is 22.7 Å². The zero-order chi connectivity index (χ0) is 10.3. The molecule has 15 heavy (non-hydrogen) atoms. The van der Waals surface area contributed by atoms with E-state index < -0.39 is 0 Å². The van der Waals surface area contributed by atoms with Crippen molar-refractivity contribution in [3.63, 3.8) is 0 Å². The molecule has 0 amide bonds. The lowest BCUT2D eigenvalue weighted by molar-refractivity contribution is 0.0574. The smallest absolute Gasteiger partial charge is 0.271 e. The van der Waals surface area contributed by atoms with Gasteiger partial charge >= 0.3 is 0 Å². The Morgan fingerprint density at radius 1 is 1.40 bits per heavy atom. The van der Waals surface area contributed by atoms with Crippen molar-refractivity contribution in [1.82, 2.24) is 14.9 Å². The third-order valence-corrected chi connectivity index (χ3v) is 3.18. The van der Waals surface area contributed by atoms with Gasteiger partial charge in [-0.15, -0.1) is 0 Å². The van der Waals surface area contributed by atoms with Crippen LogP contribution in [0.15, 0.2) is 17.2 Å². The summed E-state index contributed by atoms with van der Waals surface area (Å²) >= 11 is 0. The predicted molar refractivity (Wildman–Crippen MR) is 54.0 cm³/mol. The molecule has 3 rings (SSSR count). The van der Waals surface area contributed by atoms with Crippen LogP contribution in [0.5, 0.6) is 5.88 Å². The fourth-order valence-corrected chi connectivity index (χ4v) is 2.33. The van der Waals surface area contributed by atoms with Crippen molar-refractivity contribution in [3.8, 4) is 5.88 Å². The van der Waals surface area contributed by atoms with Gasteiger partial charge in [-0.25, -0.2) is 0 Å². The van der Waals surface area contributed by atoms with Crippen LogP contribution in [-0.4, -0.2) is 28.2 Å². The average molecular weight is 207 g/mol. The number of hydrogen-bond donors (Lipinski definition) is 1. The Morgan fingerprint density at radius 2 is 2.20 bits per heavy atom. The molecule has 1 spiro atoms. The van der Waals surface area contributed by atoms with E-state index in [0.29, 0.717) is 12.4 Å². The van der Waals surface area contributed by atoms with Gasteiger partial charge in [0.2, 0.25) is 5.88 Å². The van der Waals surface area contributed by atoms with E-state index in [2.05, 4.69) is 10.3 Å². The summed E-state index contributed by atoms with van der Waals surface area (Å²) in [6.07, 6.45) is 4.87.